The number of nitrogens with zero attached hydrogens (tertiary/aromatic N) is 2. The van der Waals surface area contributed by atoms with Crippen molar-refractivity contribution in [1.29, 1.82) is 0 Å². The molecule has 3 rings (SSSR count). The molecule has 156 valence electrons. The summed E-state index contributed by atoms with van der Waals surface area (Å²) in [5.41, 5.74) is 2.04. The molecule has 1 fully saturated rings. The molecule has 8 nitrogen and oxygen atoms in total. The maximum Gasteiger partial charge on any atom is 0.340 e. The Morgan fingerprint density at radius 1 is 1.03 bits per heavy atom. The molecule has 0 amide bonds. The Kier molecular flexibility index (Phi) is 6.41. The van der Waals surface area contributed by atoms with E-state index in [0.29, 0.717) is 18.8 Å². The average Bonchev–Trinajstić information content (AvgIpc) is 2.73. The molecular weight excluding hydrogens is 394 g/mol. The molecular formula is C20H25N3O5S. The third-order valence-electron chi connectivity index (χ3n) is 4.98. The number of nitrogens with two attached hydrogens (primary N) is 1. The van der Waals surface area contributed by atoms with Crippen LogP contribution in [0, 0.1) is 0 Å². The molecule has 2 aromatic rings. The molecule has 0 spiro atoms. The van der Waals surface area contributed by atoms with Crippen LogP contribution in [0.2, 0.25) is 0 Å². The highest BCUT2D eigenvalue weighted by atomic mass is 32.2. The van der Waals surface area contributed by atoms with Crippen molar-refractivity contribution in [2.24, 2.45) is 5.14 Å². The molecule has 29 heavy (non-hydrogen) atoms. The van der Waals surface area contributed by atoms with E-state index < -0.39 is 16.0 Å². The SMILES string of the molecule is COC(=O)c1cc(S(N)(=O)=O)ccc1N1CCN(Cc2ccc(OC)cc2)CC1. The molecule has 0 aliphatic carbocycles. The predicted octanol–water partition coefficient (Wildman–Crippen LogP) is 1.45. The van der Waals surface area contributed by atoms with Gasteiger partial charge in [0.15, 0.2) is 0 Å². The third-order valence-corrected chi connectivity index (χ3v) is 5.89. The van der Waals surface area contributed by atoms with Crippen LogP contribution in [0.5, 0.6) is 5.75 Å². The van der Waals surface area contributed by atoms with Crippen molar-refractivity contribution >= 4 is 21.7 Å². The van der Waals surface area contributed by atoms with Crippen LogP contribution < -0.4 is 14.8 Å². The largest absolute Gasteiger partial charge is 0.497 e. The van der Waals surface area contributed by atoms with Crippen molar-refractivity contribution in [2.45, 2.75) is 11.4 Å². The van der Waals surface area contributed by atoms with Crippen molar-refractivity contribution in [1.82, 2.24) is 4.90 Å². The highest BCUT2D eigenvalue weighted by Crippen LogP contribution is 2.26. The molecule has 0 saturated carbocycles. The van der Waals surface area contributed by atoms with Gasteiger partial charge in [-0.25, -0.2) is 18.4 Å². The summed E-state index contributed by atoms with van der Waals surface area (Å²) in [6.45, 7) is 3.85. The van der Waals surface area contributed by atoms with E-state index in [-0.39, 0.29) is 10.5 Å². The van der Waals surface area contributed by atoms with Crippen LogP contribution in [0.3, 0.4) is 0 Å². The van der Waals surface area contributed by atoms with Crippen LogP contribution in [0.1, 0.15) is 15.9 Å². The number of esters is 1. The number of rotatable bonds is 6. The van der Waals surface area contributed by atoms with Gasteiger partial charge in [0.25, 0.3) is 0 Å². The van der Waals surface area contributed by atoms with E-state index in [1.807, 2.05) is 24.3 Å². The molecule has 0 radical (unpaired) electrons. The van der Waals surface area contributed by atoms with Crippen LogP contribution in [0.4, 0.5) is 5.69 Å². The van der Waals surface area contributed by atoms with Gasteiger partial charge in [-0.2, -0.15) is 0 Å². The van der Waals surface area contributed by atoms with E-state index in [9.17, 15) is 13.2 Å². The topological polar surface area (TPSA) is 102 Å². The van der Waals surface area contributed by atoms with Gasteiger partial charge in [-0.3, -0.25) is 4.90 Å². The number of primary sulfonamides is 1. The van der Waals surface area contributed by atoms with Crippen LogP contribution in [-0.4, -0.2) is 59.7 Å². The lowest BCUT2D eigenvalue weighted by Crippen LogP contribution is -2.46. The van der Waals surface area contributed by atoms with Gasteiger partial charge in [0.2, 0.25) is 10.0 Å². The molecule has 2 N–H and O–H groups in total. The number of hydrogen-bond acceptors (Lipinski definition) is 7. The van der Waals surface area contributed by atoms with Gasteiger partial charge in [0, 0.05) is 32.7 Å². The minimum absolute atomic E-state index is 0.111. The normalized spacial score (nSPS) is 15.2. The lowest BCUT2D eigenvalue weighted by atomic mass is 10.1. The average molecular weight is 420 g/mol. The monoisotopic (exact) mass is 419 g/mol. The second-order valence-corrected chi connectivity index (χ2v) is 8.39. The summed E-state index contributed by atoms with van der Waals surface area (Å²) < 4.78 is 33.3. The lowest BCUT2D eigenvalue weighted by molar-refractivity contribution is 0.0601. The zero-order valence-electron chi connectivity index (χ0n) is 16.5. The van der Waals surface area contributed by atoms with Gasteiger partial charge >= 0.3 is 5.97 Å². The first-order valence-corrected chi connectivity index (χ1v) is 10.7. The first kappa shape index (κ1) is 21.1. The summed E-state index contributed by atoms with van der Waals surface area (Å²) in [6.07, 6.45) is 0. The molecule has 0 bridgehead atoms. The molecule has 1 saturated heterocycles. The Labute approximate surface area is 170 Å². The van der Waals surface area contributed by atoms with Crippen molar-refractivity contribution < 1.29 is 22.7 Å². The van der Waals surface area contributed by atoms with Crippen molar-refractivity contribution in [3.8, 4) is 5.75 Å². The maximum atomic E-state index is 12.2. The fourth-order valence-corrected chi connectivity index (χ4v) is 3.92. The summed E-state index contributed by atoms with van der Waals surface area (Å²) >= 11 is 0. The number of benzene rings is 2. The zero-order chi connectivity index (χ0) is 21.0. The second-order valence-electron chi connectivity index (χ2n) is 6.83. The first-order valence-electron chi connectivity index (χ1n) is 9.17. The summed E-state index contributed by atoms with van der Waals surface area (Å²) in [4.78, 5) is 16.5. The second kappa shape index (κ2) is 8.81. The first-order chi connectivity index (χ1) is 13.8. The smallest absolute Gasteiger partial charge is 0.340 e. The Bertz CT molecular complexity index is 968. The van der Waals surface area contributed by atoms with E-state index in [4.69, 9.17) is 14.6 Å². The highest BCUT2D eigenvalue weighted by Gasteiger charge is 2.24. The van der Waals surface area contributed by atoms with E-state index in [2.05, 4.69) is 9.80 Å². The zero-order valence-corrected chi connectivity index (χ0v) is 17.3. The maximum absolute atomic E-state index is 12.2. The van der Waals surface area contributed by atoms with Crippen molar-refractivity contribution in [3.05, 3.63) is 53.6 Å². The fourth-order valence-electron chi connectivity index (χ4n) is 3.38. The Balaban J connectivity index is 1.71. The predicted molar refractivity (Wildman–Crippen MR) is 110 cm³/mol. The molecule has 1 aliphatic rings. The quantitative estimate of drug-likeness (QED) is 0.707. The van der Waals surface area contributed by atoms with Gasteiger partial charge in [0.1, 0.15) is 5.75 Å². The number of anilines is 1. The molecule has 0 atom stereocenters. The van der Waals surface area contributed by atoms with E-state index in [0.717, 1.165) is 25.4 Å². The number of sulfonamides is 1. The van der Waals surface area contributed by atoms with Gasteiger partial charge in [0.05, 0.1) is 30.4 Å². The Morgan fingerprint density at radius 3 is 2.24 bits per heavy atom. The summed E-state index contributed by atoms with van der Waals surface area (Å²) in [5, 5.41) is 5.20. The van der Waals surface area contributed by atoms with Crippen LogP contribution in [-0.2, 0) is 21.3 Å². The third kappa shape index (κ3) is 5.06. The van der Waals surface area contributed by atoms with Gasteiger partial charge in [-0.1, -0.05) is 12.1 Å². The molecule has 0 unspecified atom stereocenters. The minimum atomic E-state index is -3.91. The van der Waals surface area contributed by atoms with Crippen LogP contribution in [0.15, 0.2) is 47.4 Å². The number of carbonyl (C=O) groups is 1. The van der Waals surface area contributed by atoms with Crippen molar-refractivity contribution in [2.75, 3.05) is 45.3 Å². The van der Waals surface area contributed by atoms with Crippen molar-refractivity contribution in [3.63, 3.8) is 0 Å². The van der Waals surface area contributed by atoms with Gasteiger partial charge < -0.3 is 14.4 Å². The summed E-state index contributed by atoms with van der Waals surface area (Å²) in [6, 6.07) is 12.3. The molecule has 1 heterocycles. The van der Waals surface area contributed by atoms with Gasteiger partial charge in [-0.05, 0) is 35.9 Å². The van der Waals surface area contributed by atoms with E-state index in [1.54, 1.807) is 13.2 Å². The Hall–Kier alpha value is -2.62. The van der Waals surface area contributed by atoms with Gasteiger partial charge in [-0.15, -0.1) is 0 Å². The summed E-state index contributed by atoms with van der Waals surface area (Å²) in [5.74, 6) is 0.239. The molecule has 1 aliphatic heterocycles. The van der Waals surface area contributed by atoms with Crippen LogP contribution in [0.25, 0.3) is 0 Å². The van der Waals surface area contributed by atoms with E-state index in [1.165, 1.54) is 24.8 Å². The number of piperazine rings is 1. The minimum Gasteiger partial charge on any atom is -0.497 e. The standard InChI is InChI=1S/C20H25N3O5S/c1-27-16-5-3-15(4-6-16)14-22-9-11-23(12-10-22)19-8-7-17(29(21,25)26)13-18(19)20(24)28-2/h3-8,13H,9-12,14H2,1-2H3,(H2,21,25,26). The van der Waals surface area contributed by atoms with Crippen LogP contribution >= 0.6 is 0 Å². The number of hydrogen-bond donors (Lipinski definition) is 1. The molecule has 0 aromatic heterocycles. The fraction of sp³-hybridized carbons (Fsp3) is 0.350. The molecule has 9 heteroatoms. The molecule has 2 aromatic carbocycles. The summed E-state index contributed by atoms with van der Waals surface area (Å²) in [7, 11) is -0.995. The number of methoxy groups -OCH3 is 2. The lowest BCUT2D eigenvalue weighted by Gasteiger charge is -2.36. The number of ether oxygens (including phenoxy) is 2. The number of carbonyl (C=O) groups excluding carboxylic acids is 1. The Morgan fingerprint density at radius 2 is 1.69 bits per heavy atom. The highest BCUT2D eigenvalue weighted by molar-refractivity contribution is 7.89. The van der Waals surface area contributed by atoms with E-state index >= 15 is 0 Å².